The summed E-state index contributed by atoms with van der Waals surface area (Å²) in [6, 6.07) is 4.74. The van der Waals surface area contributed by atoms with Gasteiger partial charge in [0, 0.05) is 17.7 Å². The zero-order valence-electron chi connectivity index (χ0n) is 18.1. The Labute approximate surface area is 173 Å². The lowest BCUT2D eigenvalue weighted by molar-refractivity contribution is -0.137. The number of hydrogen-bond acceptors (Lipinski definition) is 1. The van der Waals surface area contributed by atoms with Crippen molar-refractivity contribution in [3.8, 4) is 0 Å². The van der Waals surface area contributed by atoms with Gasteiger partial charge in [-0.2, -0.15) is 13.2 Å². The van der Waals surface area contributed by atoms with E-state index in [1.54, 1.807) is 6.07 Å². The first-order valence-corrected chi connectivity index (χ1v) is 11.1. The van der Waals surface area contributed by atoms with Crippen molar-refractivity contribution in [3.05, 3.63) is 46.7 Å². The number of nitrogens with zero attached hydrogens (tertiary/aromatic N) is 1. The van der Waals surface area contributed by atoms with E-state index in [4.69, 9.17) is 0 Å². The van der Waals surface area contributed by atoms with Crippen LogP contribution in [0, 0.1) is 11.8 Å². The third-order valence-electron chi connectivity index (χ3n) is 6.15. The summed E-state index contributed by atoms with van der Waals surface area (Å²) in [5.74, 6) is 1.08. The highest BCUT2D eigenvalue weighted by molar-refractivity contribution is 5.74. The molecule has 2 heterocycles. The second-order valence-corrected chi connectivity index (χ2v) is 9.43. The van der Waals surface area contributed by atoms with E-state index in [-0.39, 0.29) is 12.1 Å². The Morgan fingerprint density at radius 1 is 1.14 bits per heavy atom. The highest BCUT2D eigenvalue weighted by atomic mass is 19.4. The number of hydrogen-bond donors (Lipinski definition) is 0. The van der Waals surface area contributed by atoms with E-state index in [1.807, 2.05) is 0 Å². The third-order valence-corrected chi connectivity index (χ3v) is 6.15. The smallest absolute Gasteiger partial charge is 0.289 e. The van der Waals surface area contributed by atoms with E-state index in [0.29, 0.717) is 11.8 Å². The van der Waals surface area contributed by atoms with E-state index in [9.17, 15) is 13.2 Å². The number of piperidine rings is 1. The standard InChI is InChI=1S/C25H34F3N/c1-17(2)9-5-6-10-20-22-16-19(25(26,27)28)12-13-21(22)23-11-7-8-14-29(23)24(20)15-18(3)4/h6,12-13,16-18,23-24H,5,7-9,11,14-15H2,1-4H3/t10?,23-,24-/m0/s1. The molecule has 1 nitrogen and oxygen atoms in total. The van der Waals surface area contributed by atoms with Gasteiger partial charge >= 0.3 is 6.18 Å². The molecule has 0 N–H and O–H groups in total. The van der Waals surface area contributed by atoms with Gasteiger partial charge in [-0.3, -0.25) is 4.90 Å². The number of halogens is 3. The highest BCUT2D eigenvalue weighted by Crippen LogP contribution is 2.47. The Hall–Kier alpha value is -1.51. The lowest BCUT2D eigenvalue weighted by atomic mass is 9.77. The number of alkyl halides is 3. The van der Waals surface area contributed by atoms with Gasteiger partial charge in [-0.05, 0) is 79.8 Å². The van der Waals surface area contributed by atoms with Crippen molar-refractivity contribution in [1.29, 1.82) is 0 Å². The molecule has 3 rings (SSSR count). The van der Waals surface area contributed by atoms with Crippen molar-refractivity contribution in [2.75, 3.05) is 6.54 Å². The molecule has 0 aromatic heterocycles. The minimum absolute atomic E-state index is 0.145. The number of rotatable bonds is 5. The highest BCUT2D eigenvalue weighted by Gasteiger charge is 2.40. The van der Waals surface area contributed by atoms with Crippen LogP contribution >= 0.6 is 0 Å². The van der Waals surface area contributed by atoms with Gasteiger partial charge in [0.05, 0.1) is 5.56 Å². The lowest BCUT2D eigenvalue weighted by Gasteiger charge is -2.47. The maximum absolute atomic E-state index is 13.5. The van der Waals surface area contributed by atoms with Crippen LogP contribution in [-0.4, -0.2) is 17.5 Å². The fourth-order valence-electron chi connectivity index (χ4n) is 4.74. The monoisotopic (exact) mass is 405 g/mol. The van der Waals surface area contributed by atoms with Crippen LogP contribution in [0.15, 0.2) is 30.0 Å². The van der Waals surface area contributed by atoms with Crippen LogP contribution in [0.3, 0.4) is 0 Å². The summed E-state index contributed by atoms with van der Waals surface area (Å²) in [6.45, 7) is 9.78. The van der Waals surface area contributed by atoms with Crippen molar-refractivity contribution < 1.29 is 13.2 Å². The molecule has 4 heteroatoms. The summed E-state index contributed by atoms with van der Waals surface area (Å²) in [7, 11) is 0. The molecule has 1 aromatic carbocycles. The second-order valence-electron chi connectivity index (χ2n) is 9.43. The molecule has 0 aliphatic carbocycles. The summed E-state index contributed by atoms with van der Waals surface area (Å²) in [5.41, 5.74) is 5.72. The average Bonchev–Trinajstić information content (AvgIpc) is 2.65. The number of fused-ring (bicyclic) bond motifs is 3. The quantitative estimate of drug-likeness (QED) is 0.455. The van der Waals surface area contributed by atoms with Crippen LogP contribution in [-0.2, 0) is 6.18 Å². The maximum atomic E-state index is 13.5. The first-order chi connectivity index (χ1) is 13.7. The molecule has 0 amide bonds. The summed E-state index contributed by atoms with van der Waals surface area (Å²) in [6.07, 6.45) is 3.98. The Balaban J connectivity index is 2.13. The van der Waals surface area contributed by atoms with Crippen molar-refractivity contribution in [3.63, 3.8) is 0 Å². The summed E-state index contributed by atoms with van der Waals surface area (Å²) in [4.78, 5) is 2.54. The molecule has 0 radical (unpaired) electrons. The largest absolute Gasteiger partial charge is 0.416 e. The van der Waals surface area contributed by atoms with Gasteiger partial charge in [0.2, 0.25) is 0 Å². The van der Waals surface area contributed by atoms with Crippen molar-refractivity contribution >= 4 is 5.57 Å². The lowest BCUT2D eigenvalue weighted by Crippen LogP contribution is -2.46. The maximum Gasteiger partial charge on any atom is 0.416 e. The van der Waals surface area contributed by atoms with E-state index in [0.717, 1.165) is 61.8 Å². The average molecular weight is 406 g/mol. The molecule has 2 aliphatic rings. The van der Waals surface area contributed by atoms with E-state index < -0.39 is 11.7 Å². The molecule has 2 aliphatic heterocycles. The number of benzene rings is 1. The van der Waals surface area contributed by atoms with Crippen molar-refractivity contribution in [2.45, 2.75) is 84.5 Å². The molecular formula is C25H34F3N. The van der Waals surface area contributed by atoms with E-state index in [1.165, 1.54) is 12.1 Å². The van der Waals surface area contributed by atoms with Gasteiger partial charge in [0.15, 0.2) is 0 Å². The van der Waals surface area contributed by atoms with Gasteiger partial charge in [-0.15, -0.1) is 5.73 Å². The summed E-state index contributed by atoms with van der Waals surface area (Å²) in [5, 5.41) is 0. The van der Waals surface area contributed by atoms with Crippen molar-refractivity contribution in [1.82, 2.24) is 4.90 Å². The predicted molar refractivity (Wildman–Crippen MR) is 114 cm³/mol. The van der Waals surface area contributed by atoms with Crippen LogP contribution in [0.25, 0.3) is 5.57 Å². The van der Waals surface area contributed by atoms with Crippen LogP contribution in [0.1, 0.15) is 89.0 Å². The van der Waals surface area contributed by atoms with Crippen LogP contribution in [0.2, 0.25) is 0 Å². The zero-order valence-corrected chi connectivity index (χ0v) is 18.1. The Morgan fingerprint density at radius 2 is 1.90 bits per heavy atom. The second kappa shape index (κ2) is 9.10. The molecule has 1 fully saturated rings. The normalized spacial score (nSPS) is 22.4. The fourth-order valence-corrected chi connectivity index (χ4v) is 4.74. The van der Waals surface area contributed by atoms with E-state index >= 15 is 0 Å². The van der Waals surface area contributed by atoms with Gasteiger partial charge in [0.25, 0.3) is 0 Å². The van der Waals surface area contributed by atoms with Gasteiger partial charge < -0.3 is 0 Å². The molecule has 0 unspecified atom stereocenters. The molecule has 1 saturated heterocycles. The molecule has 29 heavy (non-hydrogen) atoms. The molecule has 160 valence electrons. The Morgan fingerprint density at radius 3 is 2.55 bits per heavy atom. The molecule has 0 saturated carbocycles. The zero-order chi connectivity index (χ0) is 21.2. The molecular weight excluding hydrogens is 371 g/mol. The van der Waals surface area contributed by atoms with Gasteiger partial charge in [-0.1, -0.05) is 40.2 Å². The topological polar surface area (TPSA) is 3.24 Å². The molecule has 1 aromatic rings. The van der Waals surface area contributed by atoms with Gasteiger partial charge in [-0.25, -0.2) is 0 Å². The SMILES string of the molecule is CC(C)CCC=C=C1c2cc(C(F)(F)F)ccc2[C@@H]2CCCCN2[C@H]1CC(C)C. The van der Waals surface area contributed by atoms with Gasteiger partial charge in [0.1, 0.15) is 0 Å². The summed E-state index contributed by atoms with van der Waals surface area (Å²) >= 11 is 0. The van der Waals surface area contributed by atoms with Crippen LogP contribution < -0.4 is 0 Å². The van der Waals surface area contributed by atoms with Crippen LogP contribution in [0.5, 0.6) is 0 Å². The third kappa shape index (κ3) is 5.16. The first-order valence-electron chi connectivity index (χ1n) is 11.1. The predicted octanol–water partition coefficient (Wildman–Crippen LogP) is 7.64. The minimum Gasteiger partial charge on any atom is -0.289 e. The molecule has 0 bridgehead atoms. The first kappa shape index (κ1) is 22.2. The minimum atomic E-state index is -4.32. The summed E-state index contributed by atoms with van der Waals surface area (Å²) < 4.78 is 40.4. The van der Waals surface area contributed by atoms with Crippen molar-refractivity contribution in [2.24, 2.45) is 11.8 Å². The molecule has 0 spiro atoms. The Bertz CT molecular complexity index is 769. The Kier molecular flexibility index (Phi) is 6.96. The van der Waals surface area contributed by atoms with Crippen LogP contribution in [0.4, 0.5) is 13.2 Å². The molecule has 2 atom stereocenters. The fraction of sp³-hybridized carbons (Fsp3) is 0.640. The van der Waals surface area contributed by atoms with E-state index in [2.05, 4.69) is 44.4 Å².